The predicted octanol–water partition coefficient (Wildman–Crippen LogP) is 4.10. The summed E-state index contributed by atoms with van der Waals surface area (Å²) in [6.45, 7) is 4.72. The summed E-state index contributed by atoms with van der Waals surface area (Å²) < 4.78 is 4.98. The second-order valence-electron chi connectivity index (χ2n) is 5.98. The van der Waals surface area contributed by atoms with Crippen LogP contribution in [0, 0.1) is 0 Å². The number of anilines is 1. The number of halogens is 1. The van der Waals surface area contributed by atoms with Crippen LogP contribution in [0.4, 0.5) is 5.69 Å². The lowest BCUT2D eigenvalue weighted by atomic mass is 10.2. The summed E-state index contributed by atoms with van der Waals surface area (Å²) in [7, 11) is 0. The molecule has 2 amide bonds. The zero-order valence-corrected chi connectivity index (χ0v) is 17.9. The van der Waals surface area contributed by atoms with Gasteiger partial charge in [0.25, 0.3) is 11.8 Å². The fourth-order valence-corrected chi connectivity index (χ4v) is 3.51. The first kappa shape index (κ1) is 22.8. The molecule has 0 unspecified atom stereocenters. The number of amides is 2. The molecule has 154 valence electrons. The number of rotatable bonds is 9. The lowest BCUT2D eigenvalue weighted by Gasteiger charge is -2.18. The van der Waals surface area contributed by atoms with E-state index in [-0.39, 0.29) is 18.3 Å². The van der Waals surface area contributed by atoms with Crippen LogP contribution in [0.25, 0.3) is 0 Å². The third-order valence-electron chi connectivity index (χ3n) is 4.01. The number of nitrogens with zero attached hydrogens (tertiary/aromatic N) is 1. The Kier molecular flexibility index (Phi) is 9.02. The topological polar surface area (TPSA) is 75.7 Å². The van der Waals surface area contributed by atoms with Gasteiger partial charge in [-0.1, -0.05) is 23.7 Å². The van der Waals surface area contributed by atoms with E-state index in [9.17, 15) is 14.4 Å². The molecule has 0 aliphatic rings. The van der Waals surface area contributed by atoms with E-state index < -0.39 is 11.9 Å². The number of thioether (sulfide) groups is 1. The van der Waals surface area contributed by atoms with Crippen molar-refractivity contribution >= 4 is 46.8 Å². The maximum absolute atomic E-state index is 12.3. The van der Waals surface area contributed by atoms with Crippen molar-refractivity contribution in [1.82, 2.24) is 4.90 Å². The molecule has 2 aromatic rings. The van der Waals surface area contributed by atoms with Crippen LogP contribution >= 0.6 is 23.4 Å². The van der Waals surface area contributed by atoms with E-state index in [1.807, 2.05) is 26.0 Å². The summed E-state index contributed by atoms with van der Waals surface area (Å²) in [5.41, 5.74) is 1.07. The number of hydrogen-bond donors (Lipinski definition) is 1. The summed E-state index contributed by atoms with van der Waals surface area (Å²) in [6, 6.07) is 13.8. The summed E-state index contributed by atoms with van der Waals surface area (Å²) in [4.78, 5) is 38.6. The fraction of sp³-hybridized carbons (Fsp3) is 0.286. The normalized spacial score (nSPS) is 10.3. The lowest BCUT2D eigenvalue weighted by molar-refractivity contribution is -0.144. The molecule has 0 aliphatic carbocycles. The van der Waals surface area contributed by atoms with E-state index >= 15 is 0 Å². The molecule has 0 aromatic heterocycles. The molecule has 0 aliphatic heterocycles. The molecule has 0 bridgehead atoms. The van der Waals surface area contributed by atoms with E-state index in [2.05, 4.69) is 5.32 Å². The first-order valence-electron chi connectivity index (χ1n) is 9.16. The average molecular weight is 435 g/mol. The Morgan fingerprint density at radius 2 is 1.69 bits per heavy atom. The second-order valence-corrected chi connectivity index (χ2v) is 7.41. The van der Waals surface area contributed by atoms with E-state index in [0.29, 0.717) is 29.4 Å². The number of esters is 1. The molecule has 0 atom stereocenters. The number of carbonyl (C=O) groups is 3. The molecule has 2 aromatic carbocycles. The molecule has 1 N–H and O–H groups in total. The SMILES string of the molecule is CCN(CC)C(=O)c1ccc(NC(=O)COC(=O)CSc2ccccc2Cl)cc1. The van der Waals surface area contributed by atoms with Crippen LogP contribution in [0.15, 0.2) is 53.4 Å². The third kappa shape index (κ3) is 7.11. The van der Waals surface area contributed by atoms with E-state index in [0.717, 1.165) is 4.90 Å². The van der Waals surface area contributed by atoms with E-state index in [1.165, 1.54) is 11.8 Å². The summed E-state index contributed by atoms with van der Waals surface area (Å²) in [6.07, 6.45) is 0. The quantitative estimate of drug-likeness (QED) is 0.475. The number of nitrogens with one attached hydrogen (secondary N) is 1. The van der Waals surface area contributed by atoms with Gasteiger partial charge in [0.1, 0.15) is 0 Å². The standard InChI is InChI=1S/C21H23ClN2O4S/c1-3-24(4-2)21(27)15-9-11-16(12-10-15)23-19(25)13-28-20(26)14-29-18-8-6-5-7-17(18)22/h5-12H,3-4,13-14H2,1-2H3,(H,23,25). The van der Waals surface area contributed by atoms with Gasteiger partial charge in [0.2, 0.25) is 0 Å². The molecule has 0 fully saturated rings. The van der Waals surface area contributed by atoms with Gasteiger partial charge in [-0.3, -0.25) is 14.4 Å². The van der Waals surface area contributed by atoms with Gasteiger partial charge in [-0.25, -0.2) is 0 Å². The molecule has 0 saturated heterocycles. The molecular weight excluding hydrogens is 412 g/mol. The van der Waals surface area contributed by atoms with Crippen molar-refractivity contribution in [3.8, 4) is 0 Å². The van der Waals surface area contributed by atoms with Crippen LogP contribution in [-0.4, -0.2) is 48.1 Å². The highest BCUT2D eigenvalue weighted by Crippen LogP contribution is 2.26. The van der Waals surface area contributed by atoms with Gasteiger partial charge >= 0.3 is 5.97 Å². The van der Waals surface area contributed by atoms with Gasteiger partial charge in [0.05, 0.1) is 10.8 Å². The van der Waals surface area contributed by atoms with E-state index in [1.54, 1.807) is 41.3 Å². The van der Waals surface area contributed by atoms with Gasteiger partial charge in [0, 0.05) is 29.2 Å². The van der Waals surface area contributed by atoms with Crippen LogP contribution in [0.2, 0.25) is 5.02 Å². The number of hydrogen-bond acceptors (Lipinski definition) is 5. The van der Waals surface area contributed by atoms with Crippen LogP contribution < -0.4 is 5.32 Å². The molecule has 8 heteroatoms. The van der Waals surface area contributed by atoms with Gasteiger partial charge in [0.15, 0.2) is 6.61 Å². The van der Waals surface area contributed by atoms with Crippen molar-refractivity contribution in [2.75, 3.05) is 30.8 Å². The highest BCUT2D eigenvalue weighted by atomic mass is 35.5. The van der Waals surface area contributed by atoms with Gasteiger partial charge < -0.3 is 15.0 Å². The Balaban J connectivity index is 1.78. The van der Waals surface area contributed by atoms with Crippen LogP contribution in [0.3, 0.4) is 0 Å². The zero-order valence-electron chi connectivity index (χ0n) is 16.3. The molecule has 29 heavy (non-hydrogen) atoms. The van der Waals surface area contributed by atoms with Crippen molar-refractivity contribution in [3.05, 3.63) is 59.1 Å². The molecule has 0 spiro atoms. The van der Waals surface area contributed by atoms with E-state index in [4.69, 9.17) is 16.3 Å². The Bertz CT molecular complexity index is 854. The molecule has 0 heterocycles. The number of benzene rings is 2. The van der Waals surface area contributed by atoms with Crippen LogP contribution in [0.1, 0.15) is 24.2 Å². The highest BCUT2D eigenvalue weighted by molar-refractivity contribution is 8.00. The average Bonchev–Trinajstić information content (AvgIpc) is 2.73. The largest absolute Gasteiger partial charge is 0.455 e. The Hall–Kier alpha value is -2.51. The number of ether oxygens (including phenoxy) is 1. The minimum atomic E-state index is -0.509. The first-order chi connectivity index (χ1) is 13.9. The van der Waals surface area contributed by atoms with Crippen LogP contribution in [-0.2, 0) is 14.3 Å². The number of carbonyl (C=O) groups excluding carboxylic acids is 3. The van der Waals surface area contributed by atoms with Crippen molar-refractivity contribution in [2.45, 2.75) is 18.7 Å². The van der Waals surface area contributed by atoms with Gasteiger partial charge in [-0.2, -0.15) is 0 Å². The van der Waals surface area contributed by atoms with Gasteiger partial charge in [-0.05, 0) is 50.2 Å². The second kappa shape index (κ2) is 11.5. The predicted molar refractivity (Wildman–Crippen MR) is 115 cm³/mol. The third-order valence-corrected chi connectivity index (χ3v) is 5.50. The van der Waals surface area contributed by atoms with Crippen molar-refractivity contribution in [1.29, 1.82) is 0 Å². The van der Waals surface area contributed by atoms with Crippen LogP contribution in [0.5, 0.6) is 0 Å². The Morgan fingerprint density at radius 3 is 2.31 bits per heavy atom. The van der Waals surface area contributed by atoms with Crippen molar-refractivity contribution < 1.29 is 19.1 Å². The minimum Gasteiger partial charge on any atom is -0.455 e. The molecule has 6 nitrogen and oxygen atoms in total. The summed E-state index contributed by atoms with van der Waals surface area (Å²) >= 11 is 7.28. The Labute approximate surface area is 179 Å². The fourth-order valence-electron chi connectivity index (χ4n) is 2.47. The summed E-state index contributed by atoms with van der Waals surface area (Å²) in [5.74, 6) is -0.967. The van der Waals surface area contributed by atoms with Crippen molar-refractivity contribution in [2.24, 2.45) is 0 Å². The monoisotopic (exact) mass is 434 g/mol. The highest BCUT2D eigenvalue weighted by Gasteiger charge is 2.13. The molecular formula is C21H23ClN2O4S. The minimum absolute atomic E-state index is 0.0547. The Morgan fingerprint density at radius 1 is 1.03 bits per heavy atom. The maximum atomic E-state index is 12.3. The molecule has 0 saturated carbocycles. The zero-order chi connectivity index (χ0) is 21.2. The molecule has 0 radical (unpaired) electrons. The van der Waals surface area contributed by atoms with Crippen molar-refractivity contribution in [3.63, 3.8) is 0 Å². The smallest absolute Gasteiger partial charge is 0.316 e. The maximum Gasteiger partial charge on any atom is 0.316 e. The molecule has 2 rings (SSSR count). The summed E-state index contributed by atoms with van der Waals surface area (Å²) in [5, 5.41) is 3.20. The first-order valence-corrected chi connectivity index (χ1v) is 10.5. The lowest BCUT2D eigenvalue weighted by Crippen LogP contribution is -2.30. The van der Waals surface area contributed by atoms with Gasteiger partial charge in [-0.15, -0.1) is 11.8 Å².